The normalized spacial score (nSPS) is 10.9. The highest BCUT2D eigenvalue weighted by molar-refractivity contribution is 7.14. The van der Waals surface area contributed by atoms with Crippen LogP contribution in [0, 0.1) is 5.82 Å². The first-order valence-electron chi connectivity index (χ1n) is 9.04. The van der Waals surface area contributed by atoms with Gasteiger partial charge < -0.3 is 4.74 Å². The lowest BCUT2D eigenvalue weighted by atomic mass is 10.2. The summed E-state index contributed by atoms with van der Waals surface area (Å²) in [6.45, 7) is 0.174. The average Bonchev–Trinajstić information content (AvgIpc) is 3.23. The molecule has 4 aromatic rings. The van der Waals surface area contributed by atoms with Gasteiger partial charge in [0.2, 0.25) is 5.13 Å². The molecule has 1 aromatic heterocycles. The van der Waals surface area contributed by atoms with Gasteiger partial charge in [0.05, 0.1) is 11.9 Å². The number of hydrogen-bond acceptors (Lipinski definition) is 5. The number of nitrogens with zero attached hydrogens (tertiary/aromatic N) is 2. The van der Waals surface area contributed by atoms with Gasteiger partial charge in [-0.2, -0.15) is 5.10 Å². The third-order valence-electron chi connectivity index (χ3n) is 4.16. The Morgan fingerprint density at radius 2 is 1.83 bits per heavy atom. The van der Waals surface area contributed by atoms with Crippen molar-refractivity contribution >= 4 is 22.7 Å². The molecule has 6 heteroatoms. The zero-order valence-electron chi connectivity index (χ0n) is 15.5. The maximum Gasteiger partial charge on any atom is 0.203 e. The lowest BCUT2D eigenvalue weighted by Gasteiger charge is -2.07. The summed E-state index contributed by atoms with van der Waals surface area (Å²) in [6, 6.07) is 24.1. The standard InChI is InChI=1S/C23H18FN3OS/c24-21-12-5-4-10-19(21)15-28-20-11-6-7-17(13-20)14-25-27-23-26-22(16-29-23)18-8-2-1-3-9-18/h1-14,16H,15H2,(H,26,27). The van der Waals surface area contributed by atoms with Crippen LogP contribution in [0.3, 0.4) is 0 Å². The van der Waals surface area contributed by atoms with Crippen molar-refractivity contribution in [3.63, 3.8) is 0 Å². The van der Waals surface area contributed by atoms with Crippen LogP contribution < -0.4 is 10.2 Å². The maximum atomic E-state index is 13.7. The van der Waals surface area contributed by atoms with E-state index in [9.17, 15) is 4.39 Å². The zero-order chi connectivity index (χ0) is 19.9. The molecule has 0 saturated heterocycles. The number of ether oxygens (including phenoxy) is 1. The second-order valence-corrected chi connectivity index (χ2v) is 7.08. The van der Waals surface area contributed by atoms with Crippen molar-refractivity contribution in [2.24, 2.45) is 5.10 Å². The first-order valence-corrected chi connectivity index (χ1v) is 9.92. The van der Waals surface area contributed by atoms with Crippen LogP contribution in [0.2, 0.25) is 0 Å². The van der Waals surface area contributed by atoms with Crippen molar-refractivity contribution in [2.75, 3.05) is 5.43 Å². The van der Waals surface area contributed by atoms with Crippen LogP contribution in [0.4, 0.5) is 9.52 Å². The van der Waals surface area contributed by atoms with Gasteiger partial charge in [0.15, 0.2) is 0 Å². The summed E-state index contributed by atoms with van der Waals surface area (Å²) in [4.78, 5) is 4.53. The molecule has 1 heterocycles. The Morgan fingerprint density at radius 3 is 2.69 bits per heavy atom. The van der Waals surface area contributed by atoms with Gasteiger partial charge in [-0.05, 0) is 23.8 Å². The van der Waals surface area contributed by atoms with Gasteiger partial charge in [-0.15, -0.1) is 11.3 Å². The number of thiazole rings is 1. The van der Waals surface area contributed by atoms with Crippen molar-refractivity contribution < 1.29 is 9.13 Å². The van der Waals surface area contributed by atoms with E-state index in [4.69, 9.17) is 4.74 Å². The van der Waals surface area contributed by atoms with Gasteiger partial charge in [0, 0.05) is 16.5 Å². The van der Waals surface area contributed by atoms with Crippen LogP contribution in [-0.2, 0) is 6.61 Å². The highest BCUT2D eigenvalue weighted by Gasteiger charge is 2.04. The molecular weight excluding hydrogens is 385 g/mol. The maximum absolute atomic E-state index is 13.7. The Labute approximate surface area is 172 Å². The van der Waals surface area contributed by atoms with E-state index in [-0.39, 0.29) is 12.4 Å². The van der Waals surface area contributed by atoms with Crippen LogP contribution in [0.25, 0.3) is 11.3 Å². The summed E-state index contributed by atoms with van der Waals surface area (Å²) in [5, 5.41) is 6.96. The number of anilines is 1. The molecule has 0 atom stereocenters. The van der Waals surface area contributed by atoms with E-state index in [1.54, 1.807) is 24.4 Å². The summed E-state index contributed by atoms with van der Waals surface area (Å²) in [5.41, 5.74) is 6.32. The Bertz CT molecular complexity index is 1110. The van der Waals surface area contributed by atoms with Gasteiger partial charge in [0.25, 0.3) is 0 Å². The summed E-state index contributed by atoms with van der Waals surface area (Å²) < 4.78 is 19.4. The number of halogens is 1. The van der Waals surface area contributed by atoms with Crippen molar-refractivity contribution in [3.05, 3.63) is 101 Å². The molecule has 0 aliphatic heterocycles. The molecule has 0 aliphatic rings. The fraction of sp³-hybridized carbons (Fsp3) is 0.0435. The SMILES string of the molecule is Fc1ccccc1COc1cccc(C=NNc2nc(-c3ccccc3)cs2)c1. The van der Waals surface area contributed by atoms with Crippen molar-refractivity contribution in [1.29, 1.82) is 0 Å². The Morgan fingerprint density at radius 1 is 1.00 bits per heavy atom. The summed E-state index contributed by atoms with van der Waals surface area (Å²) >= 11 is 1.49. The average molecular weight is 403 g/mol. The van der Waals surface area contributed by atoms with Crippen LogP contribution in [-0.4, -0.2) is 11.2 Å². The largest absolute Gasteiger partial charge is 0.489 e. The molecule has 0 bridgehead atoms. The van der Waals surface area contributed by atoms with E-state index in [0.29, 0.717) is 16.4 Å². The van der Waals surface area contributed by atoms with Gasteiger partial charge in [0.1, 0.15) is 18.2 Å². The van der Waals surface area contributed by atoms with Gasteiger partial charge in [-0.3, -0.25) is 5.43 Å². The molecule has 3 aromatic carbocycles. The van der Waals surface area contributed by atoms with Crippen molar-refractivity contribution in [1.82, 2.24) is 4.98 Å². The quantitative estimate of drug-likeness (QED) is 0.305. The molecule has 0 spiro atoms. The molecule has 4 nitrogen and oxygen atoms in total. The topological polar surface area (TPSA) is 46.5 Å². The molecular formula is C23H18FN3OS. The Hall–Kier alpha value is -3.51. The third kappa shape index (κ3) is 5.06. The Balaban J connectivity index is 1.36. The second kappa shape index (κ2) is 9.12. The fourth-order valence-electron chi connectivity index (χ4n) is 2.69. The highest BCUT2D eigenvalue weighted by Crippen LogP contribution is 2.24. The molecule has 0 fully saturated rings. The van der Waals surface area contributed by atoms with Crippen LogP contribution >= 0.6 is 11.3 Å². The molecule has 4 rings (SSSR count). The van der Waals surface area contributed by atoms with Crippen LogP contribution in [0.1, 0.15) is 11.1 Å². The zero-order valence-corrected chi connectivity index (χ0v) is 16.3. The minimum Gasteiger partial charge on any atom is -0.489 e. The summed E-state index contributed by atoms with van der Waals surface area (Å²) in [6.07, 6.45) is 1.69. The number of nitrogens with one attached hydrogen (secondary N) is 1. The minimum atomic E-state index is -0.271. The predicted octanol–water partition coefficient (Wildman–Crippen LogP) is 5.97. The van der Waals surface area contributed by atoms with Gasteiger partial charge in [-0.25, -0.2) is 9.37 Å². The molecule has 0 amide bonds. The van der Waals surface area contributed by atoms with E-state index in [1.807, 2.05) is 60.0 Å². The minimum absolute atomic E-state index is 0.174. The van der Waals surface area contributed by atoms with Gasteiger partial charge >= 0.3 is 0 Å². The first-order chi connectivity index (χ1) is 14.3. The number of benzene rings is 3. The van der Waals surface area contributed by atoms with Crippen molar-refractivity contribution in [2.45, 2.75) is 6.61 Å². The number of hydrazone groups is 1. The lowest BCUT2D eigenvalue weighted by molar-refractivity contribution is 0.300. The summed E-state index contributed by atoms with van der Waals surface area (Å²) in [7, 11) is 0. The molecule has 0 unspecified atom stereocenters. The predicted molar refractivity (Wildman–Crippen MR) is 116 cm³/mol. The lowest BCUT2D eigenvalue weighted by Crippen LogP contribution is -1.98. The van der Waals surface area contributed by atoms with E-state index < -0.39 is 0 Å². The van der Waals surface area contributed by atoms with Crippen LogP contribution in [0.15, 0.2) is 89.3 Å². The van der Waals surface area contributed by atoms with E-state index >= 15 is 0 Å². The molecule has 144 valence electrons. The first kappa shape index (κ1) is 18.8. The third-order valence-corrected chi connectivity index (χ3v) is 4.90. The van der Waals surface area contributed by atoms with Gasteiger partial charge in [-0.1, -0.05) is 60.7 Å². The number of aromatic nitrogens is 1. The Kier molecular flexibility index (Phi) is 5.92. The number of hydrogen-bond donors (Lipinski definition) is 1. The molecule has 0 aliphatic carbocycles. The van der Waals surface area contributed by atoms with E-state index in [1.165, 1.54) is 17.4 Å². The summed E-state index contributed by atoms with van der Waals surface area (Å²) in [5.74, 6) is 0.380. The number of rotatable bonds is 7. The molecule has 1 N–H and O–H groups in total. The fourth-order valence-corrected chi connectivity index (χ4v) is 3.36. The highest BCUT2D eigenvalue weighted by atomic mass is 32.1. The van der Waals surface area contributed by atoms with Crippen molar-refractivity contribution in [3.8, 4) is 17.0 Å². The molecule has 29 heavy (non-hydrogen) atoms. The van der Waals surface area contributed by atoms with Crippen LogP contribution in [0.5, 0.6) is 5.75 Å². The van der Waals surface area contributed by atoms with E-state index in [0.717, 1.165) is 16.8 Å². The van der Waals surface area contributed by atoms with E-state index in [2.05, 4.69) is 15.5 Å². The second-order valence-electron chi connectivity index (χ2n) is 6.23. The monoisotopic (exact) mass is 403 g/mol. The smallest absolute Gasteiger partial charge is 0.203 e. The molecule has 0 saturated carbocycles. The molecule has 0 radical (unpaired) electrons.